The third-order valence-corrected chi connectivity index (χ3v) is 12.2. The molecule has 5 aliphatic heterocycles. The lowest BCUT2D eigenvalue weighted by atomic mass is 9.91. The van der Waals surface area contributed by atoms with Crippen molar-refractivity contribution in [2.45, 2.75) is 49.5 Å². The van der Waals surface area contributed by atoms with E-state index in [1.165, 1.54) is 17.3 Å². The first kappa shape index (κ1) is 37.0. The fourth-order valence-corrected chi connectivity index (χ4v) is 9.19. The Morgan fingerprint density at radius 3 is 2.27 bits per heavy atom. The second-order valence-corrected chi connectivity index (χ2v) is 16.1. The molecule has 0 saturated carbocycles. The number of rotatable bonds is 9. The normalized spacial score (nSPS) is 21.4. The molecule has 1 atom stereocenters. The summed E-state index contributed by atoms with van der Waals surface area (Å²) in [5.74, 6) is -1.67. The fraction of sp³-hybridized carbons (Fsp3) is 0.357. The number of carbonyl (C=O) groups excluding carboxylic acids is 4. The third kappa shape index (κ3) is 6.53. The molecule has 17 heteroatoms. The van der Waals surface area contributed by atoms with E-state index in [0.717, 1.165) is 72.4 Å². The standard InChI is InChI=1S/C42H40F2N10O5/c43-31-16-29-30(41(58)53(40(29)57)32-10-11-34(55)48-39(32)56)17-33(31)52-21-42(44,22-52)20-50-18-26(19-50)51-14-12-25(13-15-51)54-38-35(37(45)46-23-47-38)36(49-54)24-6-8-28(9-7-24)59-27-4-2-1-3-5-27/h1-9,16-17,23,25-26,32H,10-15,18-22H2,(H2,45,46,47)(H,48,55,56). The van der Waals surface area contributed by atoms with Crippen molar-refractivity contribution >= 4 is 46.2 Å². The van der Waals surface area contributed by atoms with Crippen LogP contribution in [0.5, 0.6) is 11.5 Å². The summed E-state index contributed by atoms with van der Waals surface area (Å²) >= 11 is 0. The van der Waals surface area contributed by atoms with Crippen LogP contribution in [0.1, 0.15) is 52.4 Å². The van der Waals surface area contributed by atoms with Crippen molar-refractivity contribution in [3.63, 3.8) is 0 Å². The molecule has 15 nitrogen and oxygen atoms in total. The Balaban J connectivity index is 0.737. The first-order chi connectivity index (χ1) is 28.5. The predicted molar refractivity (Wildman–Crippen MR) is 211 cm³/mol. The average Bonchev–Trinajstić information content (AvgIpc) is 3.71. The summed E-state index contributed by atoms with van der Waals surface area (Å²) in [6, 6.07) is 18.8. The Hall–Kier alpha value is -6.33. The van der Waals surface area contributed by atoms with Gasteiger partial charge in [0.25, 0.3) is 11.8 Å². The maximum atomic E-state index is 16.0. The highest BCUT2D eigenvalue weighted by atomic mass is 19.1. The number of piperidine rings is 2. The van der Waals surface area contributed by atoms with Gasteiger partial charge in [-0.25, -0.2) is 23.4 Å². The highest BCUT2D eigenvalue weighted by Gasteiger charge is 2.50. The highest BCUT2D eigenvalue weighted by Crippen LogP contribution is 2.39. The zero-order valence-electron chi connectivity index (χ0n) is 31.9. The molecule has 0 spiro atoms. The van der Waals surface area contributed by atoms with Crippen molar-refractivity contribution in [1.82, 2.24) is 39.8 Å². The molecule has 4 saturated heterocycles. The van der Waals surface area contributed by atoms with Gasteiger partial charge in [0.2, 0.25) is 11.8 Å². The molecule has 59 heavy (non-hydrogen) atoms. The lowest BCUT2D eigenvalue weighted by Crippen LogP contribution is -2.69. The molecule has 302 valence electrons. The van der Waals surface area contributed by atoms with Gasteiger partial charge >= 0.3 is 0 Å². The van der Waals surface area contributed by atoms with Crippen LogP contribution in [0.4, 0.5) is 20.3 Å². The number of hydrogen-bond donors (Lipinski definition) is 2. The molecule has 0 bridgehead atoms. The minimum Gasteiger partial charge on any atom is -0.457 e. The highest BCUT2D eigenvalue weighted by molar-refractivity contribution is 6.23. The van der Waals surface area contributed by atoms with E-state index in [4.69, 9.17) is 15.6 Å². The van der Waals surface area contributed by atoms with E-state index in [2.05, 4.69) is 25.1 Å². The number of nitrogens with zero attached hydrogens (tertiary/aromatic N) is 8. The number of halogens is 2. The van der Waals surface area contributed by atoms with E-state index in [9.17, 15) is 19.2 Å². The maximum Gasteiger partial charge on any atom is 0.262 e. The smallest absolute Gasteiger partial charge is 0.262 e. The number of nitrogen functional groups attached to an aromatic ring is 1. The largest absolute Gasteiger partial charge is 0.457 e. The van der Waals surface area contributed by atoms with Gasteiger partial charge in [0.05, 0.1) is 41.3 Å². The number of carbonyl (C=O) groups is 4. The third-order valence-electron chi connectivity index (χ3n) is 12.2. The molecule has 0 radical (unpaired) electrons. The predicted octanol–water partition coefficient (Wildman–Crippen LogP) is 3.96. The van der Waals surface area contributed by atoms with E-state index in [1.807, 2.05) is 59.3 Å². The van der Waals surface area contributed by atoms with Gasteiger partial charge in [0.15, 0.2) is 11.3 Å². The van der Waals surface area contributed by atoms with Gasteiger partial charge in [-0.1, -0.05) is 18.2 Å². The number of hydrogen-bond acceptors (Lipinski definition) is 12. The number of imide groups is 2. The lowest BCUT2D eigenvalue weighted by Gasteiger charge is -2.53. The number of para-hydroxylation sites is 1. The monoisotopic (exact) mass is 802 g/mol. The molecule has 7 heterocycles. The summed E-state index contributed by atoms with van der Waals surface area (Å²) in [6.07, 6.45) is 3.16. The summed E-state index contributed by atoms with van der Waals surface area (Å²) in [5, 5.41) is 7.92. The first-order valence-corrected chi connectivity index (χ1v) is 19.8. The SMILES string of the molecule is Nc1ncnc2c1c(-c1ccc(Oc3ccccc3)cc1)nn2C1CCN(C2CN(CC3(F)CN(c4cc5c(cc4F)C(=O)N(C4CCC(=O)NC4=O)C5=O)C3)C2)CC1. The average molecular weight is 803 g/mol. The molecule has 2 aromatic heterocycles. The van der Waals surface area contributed by atoms with E-state index in [-0.39, 0.29) is 55.3 Å². The Morgan fingerprint density at radius 1 is 0.864 bits per heavy atom. The van der Waals surface area contributed by atoms with Crippen LogP contribution in [-0.2, 0) is 9.59 Å². The topological polar surface area (TPSA) is 172 Å². The lowest BCUT2D eigenvalue weighted by molar-refractivity contribution is -0.136. The molecular formula is C42H40F2N10O5. The number of nitrogens with two attached hydrogens (primary N) is 1. The van der Waals surface area contributed by atoms with Crippen LogP contribution < -0.4 is 20.7 Å². The number of fused-ring (bicyclic) bond motifs is 2. The van der Waals surface area contributed by atoms with E-state index >= 15 is 8.78 Å². The quantitative estimate of drug-likeness (QED) is 0.206. The number of ether oxygens (including phenoxy) is 1. The van der Waals surface area contributed by atoms with Crippen LogP contribution >= 0.6 is 0 Å². The van der Waals surface area contributed by atoms with E-state index in [1.54, 1.807) is 0 Å². The minimum atomic E-state index is -1.57. The van der Waals surface area contributed by atoms with Crippen LogP contribution in [0.2, 0.25) is 0 Å². The Kier molecular flexibility index (Phi) is 8.90. The van der Waals surface area contributed by atoms with Crippen molar-refractivity contribution in [3.8, 4) is 22.8 Å². The zero-order valence-corrected chi connectivity index (χ0v) is 31.9. The number of alkyl halides is 1. The van der Waals surface area contributed by atoms with Crippen LogP contribution in [-0.4, -0.2) is 122 Å². The molecule has 3 N–H and O–H groups in total. The maximum absolute atomic E-state index is 16.0. The first-order valence-electron chi connectivity index (χ1n) is 19.8. The number of aromatic nitrogens is 4. The molecule has 1 unspecified atom stereocenters. The number of amides is 4. The summed E-state index contributed by atoms with van der Waals surface area (Å²) in [7, 11) is 0. The molecule has 3 aromatic carbocycles. The molecule has 0 aliphatic carbocycles. The van der Waals surface area contributed by atoms with Crippen molar-refractivity contribution in [3.05, 3.63) is 90.0 Å². The molecule has 5 aliphatic rings. The van der Waals surface area contributed by atoms with Gasteiger partial charge < -0.3 is 15.4 Å². The van der Waals surface area contributed by atoms with Crippen LogP contribution in [0.25, 0.3) is 22.3 Å². The Labute approximate surface area is 336 Å². The van der Waals surface area contributed by atoms with Crippen molar-refractivity contribution in [2.75, 3.05) is 56.4 Å². The molecule has 4 amide bonds. The Morgan fingerprint density at radius 2 is 1.56 bits per heavy atom. The van der Waals surface area contributed by atoms with Crippen molar-refractivity contribution < 1.29 is 32.7 Å². The molecule has 5 aromatic rings. The van der Waals surface area contributed by atoms with E-state index < -0.39 is 41.2 Å². The number of benzene rings is 3. The molecule has 10 rings (SSSR count). The Bertz CT molecular complexity index is 2510. The van der Waals surface area contributed by atoms with Crippen molar-refractivity contribution in [1.29, 1.82) is 0 Å². The van der Waals surface area contributed by atoms with Crippen LogP contribution in [0.15, 0.2) is 73.1 Å². The zero-order chi connectivity index (χ0) is 40.6. The molecular weight excluding hydrogens is 763 g/mol. The van der Waals surface area contributed by atoms with Gasteiger partial charge in [-0.15, -0.1) is 0 Å². The fourth-order valence-electron chi connectivity index (χ4n) is 9.19. The van der Waals surface area contributed by atoms with Crippen molar-refractivity contribution in [2.24, 2.45) is 0 Å². The summed E-state index contributed by atoms with van der Waals surface area (Å²) in [6.45, 7) is 3.21. The van der Waals surface area contributed by atoms with Gasteiger partial charge in [-0.3, -0.25) is 39.2 Å². The van der Waals surface area contributed by atoms with Crippen LogP contribution in [0.3, 0.4) is 0 Å². The van der Waals surface area contributed by atoms with Gasteiger partial charge in [0, 0.05) is 50.7 Å². The van der Waals surface area contributed by atoms with E-state index in [0.29, 0.717) is 23.3 Å². The second kappa shape index (κ2) is 14.2. The summed E-state index contributed by atoms with van der Waals surface area (Å²) in [4.78, 5) is 66.1. The molecule has 4 fully saturated rings. The second-order valence-electron chi connectivity index (χ2n) is 16.1. The number of anilines is 2. The number of nitrogens with one attached hydrogen (secondary N) is 1. The minimum absolute atomic E-state index is 0.00369. The summed E-state index contributed by atoms with van der Waals surface area (Å²) < 4.78 is 39.3. The van der Waals surface area contributed by atoms with Gasteiger partial charge in [-0.2, -0.15) is 5.10 Å². The van der Waals surface area contributed by atoms with Crippen LogP contribution in [0, 0.1) is 5.82 Å². The van der Waals surface area contributed by atoms with Gasteiger partial charge in [0.1, 0.15) is 41.2 Å². The number of likely N-dealkylation sites (tertiary alicyclic amines) is 2. The van der Waals surface area contributed by atoms with Gasteiger partial charge in [-0.05, 0) is 67.8 Å². The summed E-state index contributed by atoms with van der Waals surface area (Å²) in [5.41, 5.74) is 6.97.